The molecule has 0 bridgehead atoms. The number of aryl methyl sites for hydroxylation is 1. The number of nitrogens with zero attached hydrogens (tertiary/aromatic N) is 2. The monoisotopic (exact) mass is 455 g/mol. The van der Waals surface area contributed by atoms with Crippen LogP contribution in [0.15, 0.2) is 59.5 Å². The van der Waals surface area contributed by atoms with E-state index in [0.717, 1.165) is 57.3 Å². The molecular weight excluding hydrogens is 422 g/mol. The highest BCUT2D eigenvalue weighted by atomic mass is 32.2. The van der Waals surface area contributed by atoms with Crippen molar-refractivity contribution in [1.29, 1.82) is 0 Å². The van der Waals surface area contributed by atoms with Crippen molar-refractivity contribution < 1.29 is 13.2 Å². The van der Waals surface area contributed by atoms with Gasteiger partial charge in [-0.05, 0) is 61.9 Å². The van der Waals surface area contributed by atoms with Crippen molar-refractivity contribution in [2.45, 2.75) is 55.9 Å². The fourth-order valence-corrected chi connectivity index (χ4v) is 6.13. The number of sulfonamides is 1. The second kappa shape index (κ2) is 10.5. The topological polar surface area (TPSA) is 69.7 Å². The largest absolute Gasteiger partial charge is 0.369 e. The van der Waals surface area contributed by atoms with Crippen molar-refractivity contribution in [3.8, 4) is 0 Å². The first kappa shape index (κ1) is 22.8. The van der Waals surface area contributed by atoms with E-state index < -0.39 is 10.0 Å². The molecule has 1 unspecified atom stereocenters. The van der Waals surface area contributed by atoms with Gasteiger partial charge in [-0.1, -0.05) is 36.8 Å². The highest BCUT2D eigenvalue weighted by molar-refractivity contribution is 7.89. The number of nitrogens with one attached hydrogen (secondary N) is 1. The minimum atomic E-state index is -3.41. The van der Waals surface area contributed by atoms with Gasteiger partial charge in [0.1, 0.15) is 0 Å². The molecule has 7 heteroatoms. The molecule has 6 nitrogen and oxygen atoms in total. The van der Waals surface area contributed by atoms with Crippen LogP contribution in [-0.2, 0) is 21.2 Å². The maximum atomic E-state index is 12.9. The molecule has 4 rings (SSSR count). The summed E-state index contributed by atoms with van der Waals surface area (Å²) in [5.41, 5.74) is 2.18. The maximum Gasteiger partial charge on any atom is 0.243 e. The molecule has 2 saturated heterocycles. The highest BCUT2D eigenvalue weighted by Gasteiger charge is 2.26. The Morgan fingerprint density at radius 3 is 2.34 bits per heavy atom. The summed E-state index contributed by atoms with van der Waals surface area (Å²) in [4.78, 5) is 15.0. The van der Waals surface area contributed by atoms with Crippen molar-refractivity contribution in [3.05, 3.63) is 60.2 Å². The van der Waals surface area contributed by atoms with Gasteiger partial charge in [0, 0.05) is 44.3 Å². The van der Waals surface area contributed by atoms with Crippen molar-refractivity contribution in [2.75, 3.05) is 31.1 Å². The molecule has 0 radical (unpaired) electrons. The highest BCUT2D eigenvalue weighted by Crippen LogP contribution is 2.25. The molecule has 0 saturated carbocycles. The standard InChI is InChI=1S/C25H33N3O3S/c29-25(16-11-21-8-3-1-4-9-21)26-22-10-7-17-27(20-22)23-12-14-24(15-13-23)32(30,31)28-18-5-2-6-19-28/h1,3-4,8-9,12-15,22H,2,5-7,10-11,16-20H2,(H,26,29). The SMILES string of the molecule is O=C(CCc1ccccc1)NC1CCCN(c2ccc(S(=O)(=O)N3CCCCC3)cc2)C1. The van der Waals surface area contributed by atoms with Crippen LogP contribution in [-0.4, -0.2) is 50.9 Å². The van der Waals surface area contributed by atoms with Gasteiger partial charge < -0.3 is 10.2 Å². The summed E-state index contributed by atoms with van der Waals surface area (Å²) in [5.74, 6) is 0.0867. The van der Waals surface area contributed by atoms with Crippen molar-refractivity contribution in [1.82, 2.24) is 9.62 Å². The van der Waals surface area contributed by atoms with Crippen LogP contribution in [0.4, 0.5) is 5.69 Å². The van der Waals surface area contributed by atoms with Crippen LogP contribution in [0.1, 0.15) is 44.1 Å². The number of hydrogen-bond donors (Lipinski definition) is 1. The summed E-state index contributed by atoms with van der Waals surface area (Å²) in [6, 6.07) is 17.4. The number of piperidine rings is 2. The van der Waals surface area contributed by atoms with Gasteiger partial charge in [-0.15, -0.1) is 0 Å². The van der Waals surface area contributed by atoms with Crippen LogP contribution in [0.3, 0.4) is 0 Å². The molecule has 0 aromatic heterocycles. The zero-order valence-electron chi connectivity index (χ0n) is 18.6. The minimum Gasteiger partial charge on any atom is -0.369 e. The molecule has 2 aliphatic rings. The van der Waals surface area contributed by atoms with Crippen LogP contribution in [0, 0.1) is 0 Å². The van der Waals surface area contributed by atoms with E-state index in [1.165, 1.54) is 5.56 Å². The number of amides is 1. The maximum absolute atomic E-state index is 12.9. The average Bonchev–Trinajstić information content (AvgIpc) is 2.84. The molecule has 32 heavy (non-hydrogen) atoms. The van der Waals surface area contributed by atoms with Crippen LogP contribution in [0.5, 0.6) is 0 Å². The lowest BCUT2D eigenvalue weighted by Crippen LogP contribution is -2.47. The van der Waals surface area contributed by atoms with Gasteiger partial charge in [-0.3, -0.25) is 4.79 Å². The molecule has 1 N–H and O–H groups in total. The van der Waals surface area contributed by atoms with Gasteiger partial charge in [-0.25, -0.2) is 8.42 Å². The number of carbonyl (C=O) groups excluding carboxylic acids is 1. The van der Waals surface area contributed by atoms with Crippen molar-refractivity contribution in [2.24, 2.45) is 0 Å². The summed E-state index contributed by atoms with van der Waals surface area (Å²) in [6.45, 7) is 2.88. The summed E-state index contributed by atoms with van der Waals surface area (Å²) in [6.07, 6.45) is 6.17. The normalized spacial score (nSPS) is 20.1. The zero-order chi connectivity index (χ0) is 22.4. The Morgan fingerprint density at radius 1 is 0.906 bits per heavy atom. The van der Waals surface area contributed by atoms with Crippen molar-refractivity contribution in [3.63, 3.8) is 0 Å². The van der Waals surface area contributed by atoms with Crippen molar-refractivity contribution >= 4 is 21.6 Å². The predicted molar refractivity (Wildman–Crippen MR) is 127 cm³/mol. The molecule has 2 aromatic carbocycles. The van der Waals surface area contributed by atoms with E-state index >= 15 is 0 Å². The zero-order valence-corrected chi connectivity index (χ0v) is 19.4. The van der Waals surface area contributed by atoms with E-state index in [-0.39, 0.29) is 11.9 Å². The quantitative estimate of drug-likeness (QED) is 0.693. The van der Waals surface area contributed by atoms with E-state index in [4.69, 9.17) is 0 Å². The summed E-state index contributed by atoms with van der Waals surface area (Å²) in [7, 11) is -3.41. The molecule has 2 aromatic rings. The summed E-state index contributed by atoms with van der Waals surface area (Å²) in [5, 5.41) is 3.18. The van der Waals surface area contributed by atoms with Gasteiger partial charge in [0.05, 0.1) is 4.90 Å². The Bertz CT molecular complexity index is 987. The third-order valence-electron chi connectivity index (χ3n) is 6.42. The van der Waals surface area contributed by atoms with E-state index in [1.54, 1.807) is 16.4 Å². The summed E-state index contributed by atoms with van der Waals surface area (Å²) >= 11 is 0. The Kier molecular flexibility index (Phi) is 7.48. The Labute approximate surface area is 191 Å². The first-order valence-corrected chi connectivity index (χ1v) is 13.1. The fraction of sp³-hybridized carbons (Fsp3) is 0.480. The van der Waals surface area contributed by atoms with E-state index in [1.807, 2.05) is 42.5 Å². The van der Waals surface area contributed by atoms with Gasteiger partial charge in [0.2, 0.25) is 15.9 Å². The van der Waals surface area contributed by atoms with Crippen LogP contribution < -0.4 is 10.2 Å². The molecule has 2 aliphatic heterocycles. The second-order valence-corrected chi connectivity index (χ2v) is 10.7. The van der Waals surface area contributed by atoms with Gasteiger partial charge >= 0.3 is 0 Å². The molecule has 1 atom stereocenters. The molecular formula is C25H33N3O3S. The van der Waals surface area contributed by atoms with E-state index in [0.29, 0.717) is 24.4 Å². The lowest BCUT2D eigenvalue weighted by Gasteiger charge is -2.35. The number of benzene rings is 2. The number of hydrogen-bond acceptors (Lipinski definition) is 4. The molecule has 0 spiro atoms. The molecule has 172 valence electrons. The van der Waals surface area contributed by atoms with Gasteiger partial charge in [0.25, 0.3) is 0 Å². The van der Waals surface area contributed by atoms with Gasteiger partial charge in [-0.2, -0.15) is 4.31 Å². The second-order valence-electron chi connectivity index (χ2n) is 8.80. The van der Waals surface area contributed by atoms with E-state index in [9.17, 15) is 13.2 Å². The molecule has 2 heterocycles. The number of carbonyl (C=O) groups is 1. The van der Waals surface area contributed by atoms with Crippen LogP contribution in [0.25, 0.3) is 0 Å². The lowest BCUT2D eigenvalue weighted by molar-refractivity contribution is -0.121. The average molecular weight is 456 g/mol. The third kappa shape index (κ3) is 5.70. The summed E-state index contributed by atoms with van der Waals surface area (Å²) < 4.78 is 27.4. The Hall–Kier alpha value is -2.38. The Morgan fingerprint density at radius 2 is 1.62 bits per heavy atom. The molecule has 1 amide bonds. The smallest absolute Gasteiger partial charge is 0.243 e. The first-order valence-electron chi connectivity index (χ1n) is 11.7. The molecule has 0 aliphatic carbocycles. The number of anilines is 1. The predicted octanol–water partition coefficient (Wildman–Crippen LogP) is 3.58. The Balaban J connectivity index is 1.32. The van der Waals surface area contributed by atoms with Gasteiger partial charge in [0.15, 0.2) is 0 Å². The third-order valence-corrected chi connectivity index (χ3v) is 8.34. The van der Waals surface area contributed by atoms with E-state index in [2.05, 4.69) is 10.2 Å². The number of rotatable bonds is 7. The molecule has 2 fully saturated rings. The van der Waals surface area contributed by atoms with Crippen LogP contribution >= 0.6 is 0 Å². The minimum absolute atomic E-state index is 0.0867. The van der Waals surface area contributed by atoms with Crippen LogP contribution in [0.2, 0.25) is 0 Å². The lowest BCUT2D eigenvalue weighted by atomic mass is 10.0. The first-order chi connectivity index (χ1) is 15.5. The fourth-order valence-electron chi connectivity index (χ4n) is 4.62.